The normalized spacial score (nSPS) is 24.2. The standard InChI is InChI=1S/C7H10ClF2NO2/c8-7(9,10)2-5-1-6(13)11(3-5)4-12/h5,12H,1-4H2/t5-/m1/s1. The number of halogens is 3. The molecule has 0 unspecified atom stereocenters. The number of carbonyl (C=O) groups is 1. The molecule has 0 bridgehead atoms. The smallest absolute Gasteiger partial charge is 0.322 e. The number of alkyl halides is 3. The quantitative estimate of drug-likeness (QED) is 0.711. The Bertz CT molecular complexity index is 207. The number of rotatable bonds is 3. The Morgan fingerprint density at radius 2 is 2.31 bits per heavy atom. The molecule has 0 aromatic rings. The van der Waals surface area contributed by atoms with Crippen LogP contribution < -0.4 is 0 Å². The van der Waals surface area contributed by atoms with Gasteiger partial charge in [0.1, 0.15) is 6.73 Å². The van der Waals surface area contributed by atoms with Crippen LogP contribution in [0.1, 0.15) is 12.8 Å². The lowest BCUT2D eigenvalue weighted by Crippen LogP contribution is -2.26. The lowest BCUT2D eigenvalue weighted by molar-refractivity contribution is -0.130. The van der Waals surface area contributed by atoms with Crippen molar-refractivity contribution < 1.29 is 18.7 Å². The fourth-order valence-electron chi connectivity index (χ4n) is 1.45. The summed E-state index contributed by atoms with van der Waals surface area (Å²) in [6.07, 6.45) is -0.473. The minimum Gasteiger partial charge on any atom is -0.376 e. The minimum atomic E-state index is -3.25. The van der Waals surface area contributed by atoms with E-state index in [0.29, 0.717) is 0 Å². The monoisotopic (exact) mass is 213 g/mol. The number of amides is 1. The molecule has 1 heterocycles. The summed E-state index contributed by atoms with van der Waals surface area (Å²) in [6.45, 7) is -0.249. The van der Waals surface area contributed by atoms with Gasteiger partial charge in [-0.05, 0) is 17.5 Å². The average Bonchev–Trinajstić information content (AvgIpc) is 2.26. The molecule has 3 nitrogen and oxygen atoms in total. The Hall–Kier alpha value is -0.420. The van der Waals surface area contributed by atoms with E-state index >= 15 is 0 Å². The second-order valence-electron chi connectivity index (χ2n) is 3.15. The highest BCUT2D eigenvalue weighted by molar-refractivity contribution is 6.21. The fraction of sp³-hybridized carbons (Fsp3) is 0.857. The Morgan fingerprint density at radius 1 is 1.69 bits per heavy atom. The molecule has 1 amide bonds. The number of hydrogen-bond acceptors (Lipinski definition) is 2. The highest BCUT2D eigenvalue weighted by Crippen LogP contribution is 2.32. The lowest BCUT2D eigenvalue weighted by atomic mass is 10.1. The summed E-state index contributed by atoms with van der Waals surface area (Å²) in [5.74, 6) is -0.749. The van der Waals surface area contributed by atoms with E-state index < -0.39 is 24.5 Å². The summed E-state index contributed by atoms with van der Waals surface area (Å²) in [5, 5.41) is 5.38. The summed E-state index contributed by atoms with van der Waals surface area (Å²) < 4.78 is 24.6. The van der Waals surface area contributed by atoms with E-state index in [1.165, 1.54) is 0 Å². The van der Waals surface area contributed by atoms with Crippen molar-refractivity contribution in [3.8, 4) is 0 Å². The Morgan fingerprint density at radius 3 is 2.69 bits per heavy atom. The van der Waals surface area contributed by atoms with Gasteiger partial charge in [-0.25, -0.2) is 0 Å². The van der Waals surface area contributed by atoms with Gasteiger partial charge in [0.15, 0.2) is 0 Å². The van der Waals surface area contributed by atoms with Crippen LogP contribution in [0.3, 0.4) is 0 Å². The molecule has 1 aliphatic heterocycles. The van der Waals surface area contributed by atoms with E-state index in [1.807, 2.05) is 0 Å². The van der Waals surface area contributed by atoms with Gasteiger partial charge in [0.05, 0.1) is 0 Å². The maximum Gasteiger partial charge on any atom is 0.322 e. The third kappa shape index (κ3) is 3.08. The van der Waals surface area contributed by atoms with Gasteiger partial charge in [-0.1, -0.05) is 0 Å². The molecule has 76 valence electrons. The Labute approximate surface area is 79.3 Å². The summed E-state index contributed by atoms with van der Waals surface area (Å²) in [6, 6.07) is 0. The molecule has 1 aliphatic rings. The second-order valence-corrected chi connectivity index (χ2v) is 3.70. The van der Waals surface area contributed by atoms with Gasteiger partial charge in [0.25, 0.3) is 0 Å². The summed E-state index contributed by atoms with van der Waals surface area (Å²) in [4.78, 5) is 12.1. The summed E-state index contributed by atoms with van der Waals surface area (Å²) in [7, 11) is 0. The number of likely N-dealkylation sites (tertiary alicyclic amines) is 1. The number of hydrogen-bond donors (Lipinski definition) is 1. The third-order valence-electron chi connectivity index (χ3n) is 1.99. The van der Waals surface area contributed by atoms with Crippen LogP contribution >= 0.6 is 11.6 Å². The number of aliphatic hydroxyl groups excluding tert-OH is 1. The maximum absolute atomic E-state index is 12.3. The first-order valence-corrected chi connectivity index (χ1v) is 4.25. The fourth-order valence-corrected chi connectivity index (χ4v) is 1.67. The summed E-state index contributed by atoms with van der Waals surface area (Å²) in [5.41, 5.74) is 0. The van der Waals surface area contributed by atoms with Crippen molar-refractivity contribution >= 4 is 17.5 Å². The Kier molecular flexibility index (Phi) is 3.08. The zero-order chi connectivity index (χ0) is 10.1. The van der Waals surface area contributed by atoms with Crippen LogP contribution in [0.2, 0.25) is 0 Å². The molecule has 0 aliphatic carbocycles. The zero-order valence-corrected chi connectivity index (χ0v) is 7.60. The first-order chi connectivity index (χ1) is 5.92. The predicted octanol–water partition coefficient (Wildman–Crippen LogP) is 1.01. The van der Waals surface area contributed by atoms with E-state index in [4.69, 9.17) is 16.7 Å². The van der Waals surface area contributed by atoms with Crippen LogP contribution in [0, 0.1) is 5.92 Å². The predicted molar refractivity (Wildman–Crippen MR) is 42.3 cm³/mol. The molecule has 1 atom stereocenters. The molecular weight excluding hydrogens is 204 g/mol. The molecule has 0 spiro atoms. The topological polar surface area (TPSA) is 40.5 Å². The van der Waals surface area contributed by atoms with Crippen LogP contribution in [0.4, 0.5) is 8.78 Å². The van der Waals surface area contributed by atoms with Crippen molar-refractivity contribution in [2.75, 3.05) is 13.3 Å². The highest BCUT2D eigenvalue weighted by atomic mass is 35.5. The van der Waals surface area contributed by atoms with Gasteiger partial charge < -0.3 is 10.0 Å². The zero-order valence-electron chi connectivity index (χ0n) is 6.84. The van der Waals surface area contributed by atoms with Gasteiger partial charge in [0, 0.05) is 19.4 Å². The van der Waals surface area contributed by atoms with E-state index in [9.17, 15) is 13.6 Å². The van der Waals surface area contributed by atoms with Gasteiger partial charge >= 0.3 is 5.38 Å². The van der Waals surface area contributed by atoms with Gasteiger partial charge in [-0.2, -0.15) is 8.78 Å². The van der Waals surface area contributed by atoms with E-state index in [0.717, 1.165) is 4.90 Å². The van der Waals surface area contributed by atoms with Crippen LogP contribution in [-0.2, 0) is 4.79 Å². The van der Waals surface area contributed by atoms with Gasteiger partial charge in [-0.3, -0.25) is 4.79 Å². The van der Waals surface area contributed by atoms with Crippen molar-refractivity contribution in [1.82, 2.24) is 4.90 Å². The Balaban J connectivity index is 2.45. The molecule has 1 N–H and O–H groups in total. The maximum atomic E-state index is 12.3. The first kappa shape index (κ1) is 10.7. The molecule has 13 heavy (non-hydrogen) atoms. The molecule has 0 radical (unpaired) electrons. The highest BCUT2D eigenvalue weighted by Gasteiger charge is 2.36. The van der Waals surface area contributed by atoms with Crippen molar-refractivity contribution in [3.63, 3.8) is 0 Å². The molecule has 0 aromatic carbocycles. The van der Waals surface area contributed by atoms with Crippen molar-refractivity contribution in [2.45, 2.75) is 18.2 Å². The molecule has 1 fully saturated rings. The number of carbonyl (C=O) groups excluding carboxylic acids is 1. The van der Waals surface area contributed by atoms with Gasteiger partial charge in [0.2, 0.25) is 5.91 Å². The van der Waals surface area contributed by atoms with E-state index in [2.05, 4.69) is 0 Å². The average molecular weight is 214 g/mol. The molecule has 0 aromatic heterocycles. The van der Waals surface area contributed by atoms with E-state index in [1.54, 1.807) is 0 Å². The number of aliphatic hydroxyl groups is 1. The molecular formula is C7H10ClF2NO2. The SMILES string of the molecule is O=C1C[C@H](CC(F)(F)Cl)CN1CO. The van der Waals surface area contributed by atoms with Crippen molar-refractivity contribution in [3.05, 3.63) is 0 Å². The van der Waals surface area contributed by atoms with Gasteiger partial charge in [-0.15, -0.1) is 0 Å². The first-order valence-electron chi connectivity index (χ1n) is 3.88. The van der Waals surface area contributed by atoms with Crippen LogP contribution in [-0.4, -0.2) is 34.6 Å². The van der Waals surface area contributed by atoms with Crippen LogP contribution in [0.25, 0.3) is 0 Å². The van der Waals surface area contributed by atoms with Crippen LogP contribution in [0.15, 0.2) is 0 Å². The molecule has 6 heteroatoms. The van der Waals surface area contributed by atoms with Crippen LogP contribution in [0.5, 0.6) is 0 Å². The minimum absolute atomic E-state index is 0.0445. The molecule has 0 saturated carbocycles. The molecule has 1 rings (SSSR count). The number of nitrogens with zero attached hydrogens (tertiary/aromatic N) is 1. The van der Waals surface area contributed by atoms with Crippen molar-refractivity contribution in [1.29, 1.82) is 0 Å². The second kappa shape index (κ2) is 3.75. The third-order valence-corrected chi connectivity index (χ3v) is 2.14. The lowest BCUT2D eigenvalue weighted by Gasteiger charge is -2.14. The largest absolute Gasteiger partial charge is 0.376 e. The van der Waals surface area contributed by atoms with Crippen molar-refractivity contribution in [2.24, 2.45) is 5.92 Å². The van der Waals surface area contributed by atoms with E-state index in [-0.39, 0.29) is 18.9 Å². The molecule has 1 saturated heterocycles. The summed E-state index contributed by atoms with van der Waals surface area (Å²) >= 11 is 4.73.